The number of aromatic nitrogens is 4. The number of fused-ring (bicyclic) bond motifs is 1. The van der Waals surface area contributed by atoms with Crippen molar-refractivity contribution in [1.82, 2.24) is 20.2 Å². The summed E-state index contributed by atoms with van der Waals surface area (Å²) in [5.74, 6) is 1.33. The largest absolute Gasteiger partial charge is 0.383 e. The monoisotopic (exact) mass is 370 g/mol. The smallest absolute Gasteiger partial charge is 0.211 e. The average molecular weight is 370 g/mol. The molecule has 26 heavy (non-hydrogen) atoms. The van der Waals surface area contributed by atoms with Crippen LogP contribution in [0.5, 0.6) is 0 Å². The molecule has 1 fully saturated rings. The summed E-state index contributed by atoms with van der Waals surface area (Å²) in [5, 5.41) is 17.1. The van der Waals surface area contributed by atoms with Crippen LogP contribution in [0, 0.1) is 0 Å². The van der Waals surface area contributed by atoms with Crippen LogP contribution in [0.25, 0.3) is 11.0 Å². The predicted molar refractivity (Wildman–Crippen MR) is 104 cm³/mol. The minimum atomic E-state index is 0.581. The fraction of sp³-hybridized carbons (Fsp3) is 0.444. The lowest BCUT2D eigenvalue weighted by atomic mass is 10.1. The number of hydrogen-bond acceptors (Lipinski definition) is 8. The summed E-state index contributed by atoms with van der Waals surface area (Å²) in [6.07, 6.45) is 6.87. The molecule has 0 aromatic carbocycles. The minimum Gasteiger partial charge on any atom is -0.383 e. The summed E-state index contributed by atoms with van der Waals surface area (Å²) in [5.41, 5.74) is 2.62. The second-order valence-corrected chi connectivity index (χ2v) is 7.44. The molecule has 136 valence electrons. The maximum Gasteiger partial charge on any atom is 0.211 e. The first-order valence-electron chi connectivity index (χ1n) is 8.92. The number of nitrogens with zero attached hydrogens (tertiary/aromatic N) is 4. The molecule has 0 unspecified atom stereocenters. The van der Waals surface area contributed by atoms with Crippen LogP contribution in [-0.4, -0.2) is 40.4 Å². The number of methoxy groups -OCH3 is 1. The van der Waals surface area contributed by atoms with Crippen molar-refractivity contribution in [2.75, 3.05) is 30.9 Å². The number of anilines is 3. The van der Waals surface area contributed by atoms with Crippen molar-refractivity contribution in [3.8, 4) is 0 Å². The zero-order chi connectivity index (χ0) is 17.8. The Balaban J connectivity index is 1.49. The van der Waals surface area contributed by atoms with E-state index >= 15 is 0 Å². The van der Waals surface area contributed by atoms with Gasteiger partial charge in [0, 0.05) is 19.6 Å². The Kier molecular flexibility index (Phi) is 5.21. The standard InChI is InChI=1S/C18H22N6OS/c1-25-9-8-19-13-10-15-14(20-11-13)6-7-16(21-15)22-18-24-23-17(26-18)12-4-2-3-5-12/h6-7,10-12,19H,2-5,8-9H2,1H3,(H,21,22,24). The van der Waals surface area contributed by atoms with E-state index in [1.165, 1.54) is 25.7 Å². The van der Waals surface area contributed by atoms with E-state index in [2.05, 4.69) is 30.8 Å². The van der Waals surface area contributed by atoms with Gasteiger partial charge >= 0.3 is 0 Å². The first-order chi connectivity index (χ1) is 12.8. The zero-order valence-corrected chi connectivity index (χ0v) is 15.6. The van der Waals surface area contributed by atoms with Gasteiger partial charge in [0.05, 0.1) is 29.5 Å². The van der Waals surface area contributed by atoms with Gasteiger partial charge in [-0.15, -0.1) is 10.2 Å². The van der Waals surface area contributed by atoms with Gasteiger partial charge in [-0.3, -0.25) is 4.98 Å². The Morgan fingerprint density at radius 1 is 1.19 bits per heavy atom. The van der Waals surface area contributed by atoms with E-state index in [4.69, 9.17) is 4.74 Å². The Morgan fingerprint density at radius 2 is 2.08 bits per heavy atom. The van der Waals surface area contributed by atoms with E-state index in [1.807, 2.05) is 24.4 Å². The van der Waals surface area contributed by atoms with Crippen molar-refractivity contribution in [3.63, 3.8) is 0 Å². The third-order valence-electron chi connectivity index (χ3n) is 4.55. The van der Waals surface area contributed by atoms with Gasteiger partial charge in [-0.1, -0.05) is 24.2 Å². The highest BCUT2D eigenvalue weighted by Gasteiger charge is 2.21. The zero-order valence-electron chi connectivity index (χ0n) is 14.7. The predicted octanol–water partition coefficient (Wildman–Crippen LogP) is 3.94. The van der Waals surface area contributed by atoms with Crippen LogP contribution >= 0.6 is 11.3 Å². The van der Waals surface area contributed by atoms with Crippen LogP contribution < -0.4 is 10.6 Å². The molecular weight excluding hydrogens is 348 g/mol. The van der Waals surface area contributed by atoms with Crippen molar-refractivity contribution in [3.05, 3.63) is 29.4 Å². The summed E-state index contributed by atoms with van der Waals surface area (Å²) in [7, 11) is 1.69. The van der Waals surface area contributed by atoms with Crippen molar-refractivity contribution in [1.29, 1.82) is 0 Å². The molecule has 0 bridgehead atoms. The van der Waals surface area contributed by atoms with Crippen molar-refractivity contribution in [2.45, 2.75) is 31.6 Å². The molecule has 7 nitrogen and oxygen atoms in total. The van der Waals surface area contributed by atoms with Crippen LogP contribution in [0.4, 0.5) is 16.6 Å². The summed E-state index contributed by atoms with van der Waals surface area (Å²) in [6.45, 7) is 1.38. The molecule has 0 spiro atoms. The van der Waals surface area contributed by atoms with Crippen LogP contribution in [0.1, 0.15) is 36.6 Å². The summed E-state index contributed by atoms with van der Waals surface area (Å²) < 4.78 is 5.06. The SMILES string of the molecule is COCCNc1cnc2ccc(Nc3nnc(C4CCCC4)s3)nc2c1. The molecule has 2 N–H and O–H groups in total. The van der Waals surface area contributed by atoms with Gasteiger partial charge in [0.2, 0.25) is 5.13 Å². The quantitative estimate of drug-likeness (QED) is 0.609. The topological polar surface area (TPSA) is 84.9 Å². The number of pyridine rings is 2. The lowest BCUT2D eigenvalue weighted by molar-refractivity contribution is 0.211. The highest BCUT2D eigenvalue weighted by molar-refractivity contribution is 7.15. The molecule has 3 aromatic heterocycles. The second-order valence-electron chi connectivity index (χ2n) is 6.43. The van der Waals surface area contributed by atoms with E-state index in [-0.39, 0.29) is 0 Å². The van der Waals surface area contributed by atoms with Gasteiger partial charge < -0.3 is 15.4 Å². The fourth-order valence-corrected chi connectivity index (χ4v) is 4.12. The molecule has 4 rings (SSSR count). The van der Waals surface area contributed by atoms with E-state index < -0.39 is 0 Å². The van der Waals surface area contributed by atoms with E-state index in [1.54, 1.807) is 18.4 Å². The van der Waals surface area contributed by atoms with Crippen LogP contribution in [-0.2, 0) is 4.74 Å². The number of rotatable bonds is 7. The molecule has 0 radical (unpaired) electrons. The Bertz CT molecular complexity index is 877. The maximum atomic E-state index is 5.06. The molecule has 0 amide bonds. The Hall–Kier alpha value is -2.32. The average Bonchev–Trinajstić information content (AvgIpc) is 3.33. The van der Waals surface area contributed by atoms with Gasteiger partial charge in [-0.25, -0.2) is 4.98 Å². The molecule has 0 saturated heterocycles. The normalized spacial score (nSPS) is 14.8. The third kappa shape index (κ3) is 3.91. The lowest BCUT2D eigenvalue weighted by Crippen LogP contribution is -2.07. The molecule has 1 saturated carbocycles. The lowest BCUT2D eigenvalue weighted by Gasteiger charge is -2.07. The van der Waals surface area contributed by atoms with E-state index in [0.29, 0.717) is 12.5 Å². The number of ether oxygens (including phenoxy) is 1. The second kappa shape index (κ2) is 7.92. The molecule has 0 atom stereocenters. The molecule has 0 aliphatic heterocycles. The van der Waals surface area contributed by atoms with Crippen LogP contribution in [0.15, 0.2) is 24.4 Å². The Labute approximate surface area is 156 Å². The summed E-state index contributed by atoms with van der Waals surface area (Å²) >= 11 is 1.63. The summed E-state index contributed by atoms with van der Waals surface area (Å²) in [6, 6.07) is 5.87. The molecule has 3 aromatic rings. The molecular formula is C18H22N6OS. The summed E-state index contributed by atoms with van der Waals surface area (Å²) in [4.78, 5) is 9.11. The highest BCUT2D eigenvalue weighted by Crippen LogP contribution is 2.36. The van der Waals surface area contributed by atoms with E-state index in [9.17, 15) is 0 Å². The molecule has 1 aliphatic rings. The maximum absolute atomic E-state index is 5.06. The van der Waals surface area contributed by atoms with Crippen molar-refractivity contribution < 1.29 is 4.74 Å². The Morgan fingerprint density at radius 3 is 2.92 bits per heavy atom. The number of hydrogen-bond donors (Lipinski definition) is 2. The first-order valence-corrected chi connectivity index (χ1v) is 9.73. The van der Waals surface area contributed by atoms with Gasteiger partial charge in [-0.2, -0.15) is 0 Å². The number of nitrogens with one attached hydrogen (secondary N) is 2. The fourth-order valence-electron chi connectivity index (χ4n) is 3.20. The highest BCUT2D eigenvalue weighted by atomic mass is 32.1. The van der Waals surface area contributed by atoms with E-state index in [0.717, 1.165) is 39.2 Å². The van der Waals surface area contributed by atoms with Gasteiger partial charge in [0.1, 0.15) is 10.8 Å². The van der Waals surface area contributed by atoms with Crippen LogP contribution in [0.2, 0.25) is 0 Å². The van der Waals surface area contributed by atoms with Gasteiger partial charge in [-0.05, 0) is 31.0 Å². The van der Waals surface area contributed by atoms with Crippen molar-refractivity contribution >= 4 is 39.0 Å². The molecule has 8 heteroatoms. The molecule has 3 heterocycles. The van der Waals surface area contributed by atoms with Crippen molar-refractivity contribution in [2.24, 2.45) is 0 Å². The minimum absolute atomic E-state index is 0.581. The van der Waals surface area contributed by atoms with Crippen LogP contribution in [0.3, 0.4) is 0 Å². The van der Waals surface area contributed by atoms with Gasteiger partial charge in [0.15, 0.2) is 0 Å². The first kappa shape index (κ1) is 17.1. The third-order valence-corrected chi connectivity index (χ3v) is 5.55. The van der Waals surface area contributed by atoms with Gasteiger partial charge in [0.25, 0.3) is 0 Å². The molecule has 1 aliphatic carbocycles.